The molecule has 0 fully saturated rings. The van der Waals surface area contributed by atoms with Gasteiger partial charge in [0.05, 0.1) is 0 Å². The lowest BCUT2D eigenvalue weighted by atomic mass is 10.4. The summed E-state index contributed by atoms with van der Waals surface area (Å²) >= 11 is 0.715. The van der Waals surface area contributed by atoms with Gasteiger partial charge in [-0.05, 0) is 12.8 Å². The summed E-state index contributed by atoms with van der Waals surface area (Å²) in [7, 11) is 0. The van der Waals surface area contributed by atoms with Gasteiger partial charge in [0, 0.05) is 31.3 Å². The Bertz CT molecular complexity index is 343. The molecule has 0 amide bonds. The Morgan fingerprint density at radius 2 is 2.00 bits per heavy atom. The molecule has 1 aromatic rings. The van der Waals surface area contributed by atoms with Crippen LogP contribution in [-0.4, -0.2) is 29.1 Å². The number of anilines is 1. The summed E-state index contributed by atoms with van der Waals surface area (Å²) in [5, 5.41) is 2.98. The number of hydrogen-bond acceptors (Lipinski definition) is 5. The first kappa shape index (κ1) is 15.2. The van der Waals surface area contributed by atoms with Crippen LogP contribution in [0.1, 0.15) is 32.0 Å². The van der Waals surface area contributed by atoms with Gasteiger partial charge in [0.25, 0.3) is 0 Å². The number of ether oxygens (including phenoxy) is 1. The molecule has 0 saturated carbocycles. The quantitative estimate of drug-likeness (QED) is 0.744. The summed E-state index contributed by atoms with van der Waals surface area (Å²) in [4.78, 5) is 3.36. The molecule has 1 N–H and O–H groups in total. The van der Waals surface area contributed by atoms with Gasteiger partial charge in [0.15, 0.2) is 0 Å². The number of rotatable bonds is 8. The highest BCUT2D eigenvalue weighted by Gasteiger charge is 2.35. The Balaban J connectivity index is 2.14. The van der Waals surface area contributed by atoms with E-state index in [0.29, 0.717) is 24.7 Å². The highest BCUT2D eigenvalue weighted by Crippen LogP contribution is 2.28. The SMILES string of the molecule is CCCCOCCCNc1nc(C(F)(F)F)ns1. The molecule has 8 heteroatoms. The molecular formula is C10H16F3N3OS. The lowest BCUT2D eigenvalue weighted by Crippen LogP contribution is -2.09. The first-order chi connectivity index (χ1) is 8.54. The topological polar surface area (TPSA) is 47.0 Å². The fourth-order valence-electron chi connectivity index (χ4n) is 1.13. The third kappa shape index (κ3) is 5.63. The minimum atomic E-state index is -4.47. The van der Waals surface area contributed by atoms with Crippen molar-refractivity contribution in [3.05, 3.63) is 5.82 Å². The lowest BCUT2D eigenvalue weighted by Gasteiger charge is -2.03. The van der Waals surface area contributed by atoms with Crippen molar-refractivity contribution < 1.29 is 17.9 Å². The Morgan fingerprint density at radius 3 is 2.61 bits per heavy atom. The van der Waals surface area contributed by atoms with Crippen LogP contribution < -0.4 is 5.32 Å². The summed E-state index contributed by atoms with van der Waals surface area (Å²) in [6.07, 6.45) is -1.63. The van der Waals surface area contributed by atoms with Crippen molar-refractivity contribution in [2.45, 2.75) is 32.4 Å². The average Bonchev–Trinajstić information content (AvgIpc) is 2.76. The van der Waals surface area contributed by atoms with Crippen LogP contribution in [-0.2, 0) is 10.9 Å². The number of halogens is 3. The Hall–Kier alpha value is -0.890. The highest BCUT2D eigenvalue weighted by molar-refractivity contribution is 7.09. The van der Waals surface area contributed by atoms with Gasteiger partial charge in [-0.2, -0.15) is 22.5 Å². The molecule has 1 heterocycles. The second kappa shape index (κ2) is 7.52. The van der Waals surface area contributed by atoms with Gasteiger partial charge in [-0.1, -0.05) is 13.3 Å². The molecule has 0 aliphatic rings. The van der Waals surface area contributed by atoms with Gasteiger partial charge in [-0.15, -0.1) is 0 Å². The van der Waals surface area contributed by atoms with E-state index in [-0.39, 0.29) is 5.13 Å². The van der Waals surface area contributed by atoms with Gasteiger partial charge in [-0.25, -0.2) is 0 Å². The molecule has 0 unspecified atom stereocenters. The largest absolute Gasteiger partial charge is 0.452 e. The van der Waals surface area contributed by atoms with Crippen LogP contribution in [0.15, 0.2) is 0 Å². The Labute approximate surface area is 108 Å². The number of nitrogens with zero attached hydrogens (tertiary/aromatic N) is 2. The molecule has 0 spiro atoms. The molecule has 0 atom stereocenters. The normalized spacial score (nSPS) is 11.8. The summed E-state index contributed by atoms with van der Waals surface area (Å²) in [6.45, 7) is 3.93. The van der Waals surface area contributed by atoms with E-state index < -0.39 is 12.0 Å². The zero-order valence-electron chi connectivity index (χ0n) is 10.1. The monoisotopic (exact) mass is 283 g/mol. The van der Waals surface area contributed by atoms with E-state index in [1.807, 2.05) is 0 Å². The van der Waals surface area contributed by atoms with E-state index in [0.717, 1.165) is 25.9 Å². The van der Waals surface area contributed by atoms with Crippen molar-refractivity contribution >= 4 is 16.7 Å². The highest BCUT2D eigenvalue weighted by atomic mass is 32.1. The van der Waals surface area contributed by atoms with Crippen LogP contribution in [0.4, 0.5) is 18.3 Å². The van der Waals surface area contributed by atoms with Gasteiger partial charge >= 0.3 is 6.18 Å². The first-order valence-electron chi connectivity index (χ1n) is 5.76. The molecule has 1 rings (SSSR count). The third-order valence-electron chi connectivity index (χ3n) is 2.06. The van der Waals surface area contributed by atoms with Crippen LogP contribution in [0.25, 0.3) is 0 Å². The second-order valence-corrected chi connectivity index (χ2v) is 4.42. The van der Waals surface area contributed by atoms with Gasteiger partial charge in [-0.3, -0.25) is 0 Å². The van der Waals surface area contributed by atoms with Crippen molar-refractivity contribution in [3.63, 3.8) is 0 Å². The number of aromatic nitrogens is 2. The molecule has 0 bridgehead atoms. The number of unbranched alkanes of at least 4 members (excludes halogenated alkanes) is 1. The Kier molecular flexibility index (Phi) is 6.34. The van der Waals surface area contributed by atoms with Crippen LogP contribution in [0.5, 0.6) is 0 Å². The van der Waals surface area contributed by atoms with Crippen molar-refractivity contribution in [2.75, 3.05) is 25.1 Å². The standard InChI is InChI=1S/C10H16F3N3OS/c1-2-3-6-17-7-4-5-14-9-15-8(16-18-9)10(11,12)13/h2-7H2,1H3,(H,14,15,16). The van der Waals surface area contributed by atoms with E-state index in [9.17, 15) is 13.2 Å². The minimum Gasteiger partial charge on any atom is -0.381 e. The molecule has 104 valence electrons. The summed E-state index contributed by atoms with van der Waals surface area (Å²) in [6, 6.07) is 0. The zero-order valence-corrected chi connectivity index (χ0v) is 10.9. The van der Waals surface area contributed by atoms with Crippen molar-refractivity contribution in [3.8, 4) is 0 Å². The van der Waals surface area contributed by atoms with E-state index in [1.54, 1.807) is 0 Å². The number of hydrogen-bond donors (Lipinski definition) is 1. The summed E-state index contributed by atoms with van der Waals surface area (Å²) in [5.74, 6) is -1.09. The molecule has 1 aromatic heterocycles. The maximum Gasteiger partial charge on any atom is 0.452 e. The number of alkyl halides is 3. The molecule has 0 radical (unpaired) electrons. The fraction of sp³-hybridized carbons (Fsp3) is 0.800. The van der Waals surface area contributed by atoms with E-state index in [1.165, 1.54) is 0 Å². The third-order valence-corrected chi connectivity index (χ3v) is 2.74. The average molecular weight is 283 g/mol. The fourth-order valence-corrected chi connectivity index (χ4v) is 1.74. The van der Waals surface area contributed by atoms with Crippen LogP contribution in [0.2, 0.25) is 0 Å². The lowest BCUT2D eigenvalue weighted by molar-refractivity contribution is -0.144. The van der Waals surface area contributed by atoms with Crippen molar-refractivity contribution in [2.24, 2.45) is 0 Å². The molecule has 0 aliphatic carbocycles. The molecule has 0 aromatic carbocycles. The van der Waals surface area contributed by atoms with E-state index in [2.05, 4.69) is 21.6 Å². The Morgan fingerprint density at radius 1 is 1.28 bits per heavy atom. The maximum atomic E-state index is 12.2. The van der Waals surface area contributed by atoms with E-state index >= 15 is 0 Å². The van der Waals surface area contributed by atoms with Crippen molar-refractivity contribution in [1.29, 1.82) is 0 Å². The first-order valence-corrected chi connectivity index (χ1v) is 6.54. The van der Waals surface area contributed by atoms with Crippen LogP contribution in [0.3, 0.4) is 0 Å². The van der Waals surface area contributed by atoms with Crippen molar-refractivity contribution in [1.82, 2.24) is 9.36 Å². The van der Waals surface area contributed by atoms with Gasteiger partial charge in [0.2, 0.25) is 11.0 Å². The zero-order chi connectivity index (χ0) is 13.4. The molecule has 0 aliphatic heterocycles. The predicted molar refractivity (Wildman–Crippen MR) is 63.7 cm³/mol. The minimum absolute atomic E-state index is 0.191. The molecule has 0 saturated heterocycles. The second-order valence-electron chi connectivity index (χ2n) is 3.67. The molecular weight excluding hydrogens is 267 g/mol. The number of nitrogens with one attached hydrogen (secondary N) is 1. The summed E-state index contributed by atoms with van der Waals surface area (Å²) < 4.78 is 45.1. The van der Waals surface area contributed by atoms with Gasteiger partial charge < -0.3 is 10.1 Å². The molecule has 18 heavy (non-hydrogen) atoms. The van der Waals surface area contributed by atoms with Crippen LogP contribution >= 0.6 is 11.5 Å². The van der Waals surface area contributed by atoms with Crippen LogP contribution in [0, 0.1) is 0 Å². The molecule has 4 nitrogen and oxygen atoms in total. The predicted octanol–water partition coefficient (Wildman–Crippen LogP) is 3.18. The maximum absolute atomic E-state index is 12.2. The smallest absolute Gasteiger partial charge is 0.381 e. The van der Waals surface area contributed by atoms with E-state index in [4.69, 9.17) is 4.74 Å². The summed E-state index contributed by atoms with van der Waals surface area (Å²) in [5.41, 5.74) is 0. The van der Waals surface area contributed by atoms with Gasteiger partial charge in [0.1, 0.15) is 0 Å².